The first-order valence-corrected chi connectivity index (χ1v) is 6.86. The van der Waals surface area contributed by atoms with Crippen LogP contribution < -0.4 is 10.1 Å². The predicted molar refractivity (Wildman–Crippen MR) is 80.8 cm³/mol. The first kappa shape index (κ1) is 12.9. The van der Waals surface area contributed by atoms with E-state index < -0.39 is 0 Å². The lowest BCUT2D eigenvalue weighted by molar-refractivity contribution is 0.301. The molecular weight excluding hydrogens is 248 g/mol. The van der Waals surface area contributed by atoms with E-state index >= 15 is 0 Å². The van der Waals surface area contributed by atoms with Crippen LogP contribution in [0.5, 0.6) is 11.5 Å². The molecule has 1 aliphatic rings. The fraction of sp³-hybridized carbons (Fsp3) is 0.235. The number of nitrogens with zero attached hydrogens (tertiary/aromatic N) is 1. The van der Waals surface area contributed by atoms with Gasteiger partial charge in [-0.25, -0.2) is 0 Å². The molecule has 20 heavy (non-hydrogen) atoms. The number of rotatable bonds is 4. The molecule has 3 heteroatoms. The summed E-state index contributed by atoms with van der Waals surface area (Å²) in [5.41, 5.74) is 1.18. The maximum absolute atomic E-state index is 5.78. The summed E-state index contributed by atoms with van der Waals surface area (Å²) in [5.74, 6) is 1.58. The lowest BCUT2D eigenvalue weighted by Gasteiger charge is -2.37. The van der Waals surface area contributed by atoms with Crippen molar-refractivity contribution in [3.8, 4) is 11.5 Å². The third kappa shape index (κ3) is 3.06. The molecule has 1 fully saturated rings. The Balaban J connectivity index is 1.73. The molecule has 3 rings (SSSR count). The minimum absolute atomic E-state index is 0.135. The SMILES string of the molecule is CC1(C=Cc2cncc(Oc3ccccc3)c2)CCN1. The van der Waals surface area contributed by atoms with Gasteiger partial charge in [-0.2, -0.15) is 0 Å². The highest BCUT2D eigenvalue weighted by Gasteiger charge is 2.27. The highest BCUT2D eigenvalue weighted by Crippen LogP contribution is 2.23. The van der Waals surface area contributed by atoms with Crippen LogP contribution in [0.3, 0.4) is 0 Å². The van der Waals surface area contributed by atoms with E-state index in [9.17, 15) is 0 Å². The fourth-order valence-electron chi connectivity index (χ4n) is 2.15. The number of para-hydroxylation sites is 1. The summed E-state index contributed by atoms with van der Waals surface area (Å²) in [5, 5.41) is 3.41. The molecule has 1 atom stereocenters. The zero-order chi connectivity index (χ0) is 13.8. The summed E-state index contributed by atoms with van der Waals surface area (Å²) in [6.45, 7) is 3.29. The Bertz CT molecular complexity index is 603. The minimum atomic E-state index is 0.135. The number of pyridine rings is 1. The van der Waals surface area contributed by atoms with Crippen molar-refractivity contribution in [2.45, 2.75) is 18.9 Å². The summed E-state index contributed by atoms with van der Waals surface area (Å²) in [4.78, 5) is 4.23. The molecule has 2 heterocycles. The topological polar surface area (TPSA) is 34.1 Å². The molecule has 0 saturated carbocycles. The molecule has 3 nitrogen and oxygen atoms in total. The Morgan fingerprint density at radius 3 is 2.70 bits per heavy atom. The van der Waals surface area contributed by atoms with Crippen molar-refractivity contribution in [3.63, 3.8) is 0 Å². The van der Waals surface area contributed by atoms with Gasteiger partial charge >= 0.3 is 0 Å². The van der Waals surface area contributed by atoms with Crippen molar-refractivity contribution in [3.05, 3.63) is 60.4 Å². The Morgan fingerprint density at radius 2 is 2.00 bits per heavy atom. The average Bonchev–Trinajstić information content (AvgIpc) is 2.45. The summed E-state index contributed by atoms with van der Waals surface area (Å²) in [6.07, 6.45) is 9.04. The zero-order valence-corrected chi connectivity index (χ0v) is 11.5. The molecule has 1 aliphatic heterocycles. The van der Waals surface area contributed by atoms with Crippen LogP contribution in [0.4, 0.5) is 0 Å². The zero-order valence-electron chi connectivity index (χ0n) is 11.5. The van der Waals surface area contributed by atoms with Crippen molar-refractivity contribution < 1.29 is 4.74 Å². The van der Waals surface area contributed by atoms with Crippen LogP contribution in [-0.4, -0.2) is 17.1 Å². The summed E-state index contributed by atoms with van der Waals surface area (Å²) >= 11 is 0. The van der Waals surface area contributed by atoms with Gasteiger partial charge in [0.1, 0.15) is 11.5 Å². The molecule has 1 aromatic carbocycles. The second-order valence-electron chi connectivity index (χ2n) is 5.30. The van der Waals surface area contributed by atoms with Gasteiger partial charge in [0, 0.05) is 11.7 Å². The van der Waals surface area contributed by atoms with Crippen molar-refractivity contribution >= 4 is 6.08 Å². The van der Waals surface area contributed by atoms with E-state index in [4.69, 9.17) is 4.74 Å². The molecule has 0 spiro atoms. The Kier molecular flexibility index (Phi) is 3.52. The molecular formula is C17H18N2O. The monoisotopic (exact) mass is 266 g/mol. The Hall–Kier alpha value is -2.13. The van der Waals surface area contributed by atoms with Gasteiger partial charge < -0.3 is 10.1 Å². The molecule has 102 valence electrons. The van der Waals surface area contributed by atoms with Gasteiger partial charge in [0.2, 0.25) is 0 Å². The van der Waals surface area contributed by atoms with E-state index in [1.165, 1.54) is 6.42 Å². The number of ether oxygens (including phenoxy) is 1. The van der Waals surface area contributed by atoms with Gasteiger partial charge in [-0.05, 0) is 43.7 Å². The second kappa shape index (κ2) is 5.47. The van der Waals surface area contributed by atoms with Crippen LogP contribution in [0.2, 0.25) is 0 Å². The van der Waals surface area contributed by atoms with Crippen LogP contribution in [-0.2, 0) is 0 Å². The number of hydrogen-bond donors (Lipinski definition) is 1. The minimum Gasteiger partial charge on any atom is -0.456 e. The molecule has 1 unspecified atom stereocenters. The van der Waals surface area contributed by atoms with E-state index in [2.05, 4.69) is 29.4 Å². The van der Waals surface area contributed by atoms with Crippen molar-refractivity contribution in [1.29, 1.82) is 0 Å². The number of nitrogens with one attached hydrogen (secondary N) is 1. The number of benzene rings is 1. The summed E-state index contributed by atoms with van der Waals surface area (Å²) < 4.78 is 5.78. The van der Waals surface area contributed by atoms with E-state index in [0.29, 0.717) is 0 Å². The summed E-state index contributed by atoms with van der Waals surface area (Å²) in [7, 11) is 0. The normalized spacial score (nSPS) is 21.6. The van der Waals surface area contributed by atoms with Gasteiger partial charge in [-0.3, -0.25) is 4.98 Å². The van der Waals surface area contributed by atoms with Crippen LogP contribution >= 0.6 is 0 Å². The first-order chi connectivity index (χ1) is 9.73. The van der Waals surface area contributed by atoms with Crippen molar-refractivity contribution in [2.75, 3.05) is 6.54 Å². The molecule has 1 aromatic heterocycles. The highest BCUT2D eigenvalue weighted by molar-refractivity contribution is 5.52. The summed E-state index contributed by atoms with van der Waals surface area (Å²) in [6, 6.07) is 11.7. The van der Waals surface area contributed by atoms with Gasteiger partial charge in [-0.1, -0.05) is 30.4 Å². The van der Waals surface area contributed by atoms with Gasteiger partial charge in [0.15, 0.2) is 0 Å². The Labute approximate surface area is 119 Å². The second-order valence-corrected chi connectivity index (χ2v) is 5.30. The Morgan fingerprint density at radius 1 is 1.20 bits per heavy atom. The lowest BCUT2D eigenvalue weighted by Crippen LogP contribution is -2.52. The van der Waals surface area contributed by atoms with Gasteiger partial charge in [0.25, 0.3) is 0 Å². The number of aromatic nitrogens is 1. The lowest BCUT2D eigenvalue weighted by atomic mass is 9.89. The largest absolute Gasteiger partial charge is 0.456 e. The van der Waals surface area contributed by atoms with E-state index in [0.717, 1.165) is 23.6 Å². The average molecular weight is 266 g/mol. The molecule has 0 aliphatic carbocycles. The molecule has 0 amide bonds. The molecule has 2 aromatic rings. The van der Waals surface area contributed by atoms with Crippen LogP contribution in [0.15, 0.2) is 54.9 Å². The van der Waals surface area contributed by atoms with E-state index in [1.807, 2.05) is 42.6 Å². The fourth-order valence-corrected chi connectivity index (χ4v) is 2.15. The standard InChI is InChI=1S/C17H18N2O/c1-17(9-10-19-17)8-7-14-11-16(13-18-12-14)20-15-5-3-2-4-6-15/h2-8,11-13,19H,9-10H2,1H3. The van der Waals surface area contributed by atoms with Crippen LogP contribution in [0, 0.1) is 0 Å². The molecule has 0 radical (unpaired) electrons. The van der Waals surface area contributed by atoms with E-state index in [-0.39, 0.29) is 5.54 Å². The molecule has 0 bridgehead atoms. The number of hydrogen-bond acceptors (Lipinski definition) is 3. The quantitative estimate of drug-likeness (QED) is 0.917. The maximum atomic E-state index is 5.78. The van der Waals surface area contributed by atoms with E-state index in [1.54, 1.807) is 6.20 Å². The first-order valence-electron chi connectivity index (χ1n) is 6.86. The third-order valence-corrected chi connectivity index (χ3v) is 3.53. The molecule has 1 saturated heterocycles. The highest BCUT2D eigenvalue weighted by atomic mass is 16.5. The van der Waals surface area contributed by atoms with Gasteiger partial charge in [-0.15, -0.1) is 0 Å². The molecule has 1 N–H and O–H groups in total. The predicted octanol–water partition coefficient (Wildman–Crippen LogP) is 3.64. The smallest absolute Gasteiger partial charge is 0.146 e. The van der Waals surface area contributed by atoms with Gasteiger partial charge in [0.05, 0.1) is 6.20 Å². The van der Waals surface area contributed by atoms with Crippen LogP contribution in [0.25, 0.3) is 6.08 Å². The van der Waals surface area contributed by atoms with Crippen molar-refractivity contribution in [2.24, 2.45) is 0 Å². The third-order valence-electron chi connectivity index (χ3n) is 3.53. The van der Waals surface area contributed by atoms with Crippen molar-refractivity contribution in [1.82, 2.24) is 10.3 Å². The van der Waals surface area contributed by atoms with Crippen LogP contribution in [0.1, 0.15) is 18.9 Å². The maximum Gasteiger partial charge on any atom is 0.146 e.